The lowest BCUT2D eigenvalue weighted by molar-refractivity contribution is -0.412. The van der Waals surface area contributed by atoms with Crippen LogP contribution in [0.4, 0.5) is 0 Å². The van der Waals surface area contributed by atoms with Crippen LogP contribution in [-0.4, -0.2) is 65.4 Å². The van der Waals surface area contributed by atoms with Crippen LogP contribution in [0.1, 0.15) is 19.3 Å². The molecule has 0 aromatic rings. The third-order valence-corrected chi connectivity index (χ3v) is 3.94. The van der Waals surface area contributed by atoms with Gasteiger partial charge >= 0.3 is 0 Å². The van der Waals surface area contributed by atoms with Gasteiger partial charge in [-0.25, -0.2) is 0 Å². The van der Waals surface area contributed by atoms with E-state index in [9.17, 15) is 0 Å². The first kappa shape index (κ1) is 15.2. The van der Waals surface area contributed by atoms with Crippen molar-refractivity contribution in [1.29, 1.82) is 0 Å². The summed E-state index contributed by atoms with van der Waals surface area (Å²) in [6.45, 7) is 0.657. The van der Waals surface area contributed by atoms with Gasteiger partial charge in [-0.3, -0.25) is 0 Å². The summed E-state index contributed by atoms with van der Waals surface area (Å²) in [6, 6.07) is 0. The molecular formula is C13H24O6. The number of hydrogen-bond acceptors (Lipinski definition) is 6. The maximum atomic E-state index is 6.03. The van der Waals surface area contributed by atoms with E-state index in [4.69, 9.17) is 28.4 Å². The van der Waals surface area contributed by atoms with Crippen LogP contribution in [-0.2, 0) is 28.4 Å². The Balaban J connectivity index is 2.28. The van der Waals surface area contributed by atoms with Gasteiger partial charge in [-0.2, -0.15) is 0 Å². The normalized spacial score (nSPS) is 43.6. The molecule has 6 heteroatoms. The Bertz CT molecular complexity index is 278. The van der Waals surface area contributed by atoms with Crippen molar-refractivity contribution < 1.29 is 28.4 Å². The number of rotatable bonds is 4. The Morgan fingerprint density at radius 3 is 2.11 bits per heavy atom. The lowest BCUT2D eigenvalue weighted by atomic mass is 9.90. The summed E-state index contributed by atoms with van der Waals surface area (Å²) in [5, 5.41) is 0. The molecule has 1 spiro atoms. The highest BCUT2D eigenvalue weighted by Crippen LogP contribution is 2.40. The van der Waals surface area contributed by atoms with Crippen LogP contribution >= 0.6 is 0 Å². The van der Waals surface area contributed by atoms with E-state index in [0.717, 1.165) is 19.3 Å². The molecule has 5 atom stereocenters. The molecule has 0 radical (unpaired) electrons. The summed E-state index contributed by atoms with van der Waals surface area (Å²) < 4.78 is 33.9. The SMILES string of the molecule is CO[C@H]1O[C@]2(CCCCO2)[C@@H](OC)[C@H](OC)[C@H]1OC. The monoisotopic (exact) mass is 276 g/mol. The Morgan fingerprint density at radius 1 is 0.895 bits per heavy atom. The molecule has 0 N–H and O–H groups in total. The van der Waals surface area contributed by atoms with Crippen LogP contribution < -0.4 is 0 Å². The van der Waals surface area contributed by atoms with Crippen LogP contribution in [0.5, 0.6) is 0 Å². The lowest BCUT2D eigenvalue weighted by Gasteiger charge is -2.52. The van der Waals surface area contributed by atoms with E-state index in [1.54, 1.807) is 28.4 Å². The zero-order valence-corrected chi connectivity index (χ0v) is 12.1. The predicted molar refractivity (Wildman–Crippen MR) is 66.8 cm³/mol. The molecular weight excluding hydrogens is 252 g/mol. The van der Waals surface area contributed by atoms with Gasteiger partial charge in [0.2, 0.25) is 0 Å². The van der Waals surface area contributed by atoms with Crippen LogP contribution in [0.3, 0.4) is 0 Å². The zero-order valence-electron chi connectivity index (χ0n) is 12.1. The van der Waals surface area contributed by atoms with Gasteiger partial charge in [-0.05, 0) is 12.8 Å². The number of methoxy groups -OCH3 is 4. The molecule has 0 bridgehead atoms. The standard InChI is InChI=1S/C13H24O6/c1-14-9-10(15-2)12(17-4)19-13(11(9)16-3)7-5-6-8-18-13/h9-12H,5-8H2,1-4H3/t9-,10-,11+,12+,13-/m1/s1. The molecule has 2 aliphatic rings. The fourth-order valence-corrected chi connectivity index (χ4v) is 3.01. The molecule has 0 amide bonds. The minimum absolute atomic E-state index is 0.299. The van der Waals surface area contributed by atoms with Crippen molar-refractivity contribution >= 4 is 0 Å². The van der Waals surface area contributed by atoms with E-state index in [1.165, 1.54) is 0 Å². The first-order valence-electron chi connectivity index (χ1n) is 6.65. The van der Waals surface area contributed by atoms with E-state index in [2.05, 4.69) is 0 Å². The van der Waals surface area contributed by atoms with Crippen molar-refractivity contribution in [2.45, 2.75) is 49.7 Å². The molecule has 19 heavy (non-hydrogen) atoms. The second-order valence-electron chi connectivity index (χ2n) is 4.90. The van der Waals surface area contributed by atoms with Gasteiger partial charge in [0.05, 0.1) is 6.61 Å². The van der Waals surface area contributed by atoms with Crippen molar-refractivity contribution in [3.63, 3.8) is 0 Å². The first-order valence-corrected chi connectivity index (χ1v) is 6.65. The third kappa shape index (κ3) is 2.66. The molecule has 2 rings (SSSR count). The molecule has 2 aliphatic heterocycles. The fraction of sp³-hybridized carbons (Fsp3) is 1.00. The average molecular weight is 276 g/mol. The summed E-state index contributed by atoms with van der Waals surface area (Å²) in [4.78, 5) is 0. The van der Waals surface area contributed by atoms with Gasteiger partial charge in [0.25, 0.3) is 0 Å². The molecule has 2 fully saturated rings. The van der Waals surface area contributed by atoms with Crippen molar-refractivity contribution in [1.82, 2.24) is 0 Å². The number of hydrogen-bond donors (Lipinski definition) is 0. The minimum atomic E-state index is -0.802. The highest BCUT2D eigenvalue weighted by molar-refractivity contribution is 4.98. The van der Waals surface area contributed by atoms with Crippen molar-refractivity contribution in [3.05, 3.63) is 0 Å². The third-order valence-electron chi connectivity index (χ3n) is 3.94. The van der Waals surface area contributed by atoms with E-state index in [0.29, 0.717) is 6.61 Å². The Labute approximate surface area is 114 Å². The maximum Gasteiger partial charge on any atom is 0.200 e. The van der Waals surface area contributed by atoms with Crippen LogP contribution in [0, 0.1) is 0 Å². The molecule has 0 aliphatic carbocycles. The molecule has 0 aromatic heterocycles. The number of ether oxygens (including phenoxy) is 6. The Morgan fingerprint density at radius 2 is 1.63 bits per heavy atom. The van der Waals surface area contributed by atoms with Gasteiger partial charge < -0.3 is 28.4 Å². The molecule has 6 nitrogen and oxygen atoms in total. The second kappa shape index (κ2) is 6.47. The van der Waals surface area contributed by atoms with Gasteiger partial charge in [-0.1, -0.05) is 0 Å². The maximum absolute atomic E-state index is 6.03. The Hall–Kier alpha value is -0.240. The Kier molecular flexibility index (Phi) is 5.16. The lowest BCUT2D eigenvalue weighted by Crippen LogP contribution is -2.67. The highest BCUT2D eigenvalue weighted by atomic mass is 16.8. The predicted octanol–water partition coefficient (Wildman–Crippen LogP) is 0.931. The second-order valence-corrected chi connectivity index (χ2v) is 4.90. The minimum Gasteiger partial charge on any atom is -0.376 e. The van der Waals surface area contributed by atoms with Crippen molar-refractivity contribution in [3.8, 4) is 0 Å². The molecule has 0 saturated carbocycles. The molecule has 2 saturated heterocycles. The fourth-order valence-electron chi connectivity index (χ4n) is 3.01. The zero-order chi connectivity index (χ0) is 13.9. The van der Waals surface area contributed by atoms with E-state index in [-0.39, 0.29) is 18.3 Å². The van der Waals surface area contributed by atoms with E-state index in [1.807, 2.05) is 0 Å². The van der Waals surface area contributed by atoms with E-state index >= 15 is 0 Å². The van der Waals surface area contributed by atoms with Crippen molar-refractivity contribution in [2.75, 3.05) is 35.0 Å². The van der Waals surface area contributed by atoms with Crippen LogP contribution in [0.25, 0.3) is 0 Å². The summed E-state index contributed by atoms with van der Waals surface area (Å²) in [7, 11) is 6.47. The average Bonchev–Trinajstić information content (AvgIpc) is 2.46. The topological polar surface area (TPSA) is 55.4 Å². The molecule has 112 valence electrons. The first-order chi connectivity index (χ1) is 9.22. The summed E-state index contributed by atoms with van der Waals surface area (Å²) in [5.41, 5.74) is 0. The largest absolute Gasteiger partial charge is 0.376 e. The molecule has 0 aromatic carbocycles. The van der Waals surface area contributed by atoms with Gasteiger partial charge in [0.15, 0.2) is 12.1 Å². The van der Waals surface area contributed by atoms with Crippen molar-refractivity contribution in [2.24, 2.45) is 0 Å². The quantitative estimate of drug-likeness (QED) is 0.761. The highest BCUT2D eigenvalue weighted by Gasteiger charge is 2.57. The summed E-state index contributed by atoms with van der Waals surface area (Å²) >= 11 is 0. The van der Waals surface area contributed by atoms with Gasteiger partial charge in [0.1, 0.15) is 18.3 Å². The summed E-state index contributed by atoms with van der Waals surface area (Å²) in [5.74, 6) is -0.802. The van der Waals surface area contributed by atoms with Gasteiger partial charge in [0, 0.05) is 34.9 Å². The van der Waals surface area contributed by atoms with Gasteiger partial charge in [-0.15, -0.1) is 0 Å². The molecule has 2 heterocycles. The smallest absolute Gasteiger partial charge is 0.200 e. The summed E-state index contributed by atoms with van der Waals surface area (Å²) in [6.07, 6.45) is 1.31. The molecule has 0 unspecified atom stereocenters. The van der Waals surface area contributed by atoms with Crippen LogP contribution in [0.2, 0.25) is 0 Å². The van der Waals surface area contributed by atoms with E-state index < -0.39 is 12.1 Å². The van der Waals surface area contributed by atoms with Crippen LogP contribution in [0.15, 0.2) is 0 Å².